The molecule has 22 heavy (non-hydrogen) atoms. The van der Waals surface area contributed by atoms with Crippen molar-refractivity contribution in [2.24, 2.45) is 0 Å². The number of rotatable bonds is 7. The van der Waals surface area contributed by atoms with Crippen LogP contribution in [0.4, 0.5) is 0 Å². The van der Waals surface area contributed by atoms with Gasteiger partial charge in [-0.15, -0.1) is 0 Å². The van der Waals surface area contributed by atoms with Crippen LogP contribution < -0.4 is 10.6 Å². The predicted molar refractivity (Wildman–Crippen MR) is 82.1 cm³/mol. The Morgan fingerprint density at radius 3 is 2.32 bits per heavy atom. The van der Waals surface area contributed by atoms with Crippen LogP contribution in [0, 0.1) is 0 Å². The SMILES string of the molecule is CNCCCNC(=O)c1ccc(CN2C(=O)CCC2=O)cc1. The zero-order valence-electron chi connectivity index (χ0n) is 12.7. The molecule has 0 radical (unpaired) electrons. The molecule has 0 aromatic heterocycles. The third kappa shape index (κ3) is 4.14. The van der Waals surface area contributed by atoms with Crippen molar-refractivity contribution in [3.05, 3.63) is 35.4 Å². The fraction of sp³-hybridized carbons (Fsp3) is 0.438. The van der Waals surface area contributed by atoms with Gasteiger partial charge in [0.25, 0.3) is 5.91 Å². The van der Waals surface area contributed by atoms with Crippen molar-refractivity contribution in [1.82, 2.24) is 15.5 Å². The molecule has 3 amide bonds. The van der Waals surface area contributed by atoms with Gasteiger partial charge in [0, 0.05) is 24.9 Å². The summed E-state index contributed by atoms with van der Waals surface area (Å²) in [4.78, 5) is 36.3. The van der Waals surface area contributed by atoms with Crippen molar-refractivity contribution in [2.75, 3.05) is 20.1 Å². The predicted octanol–water partition coefficient (Wildman–Crippen LogP) is 0.675. The number of hydrogen-bond donors (Lipinski definition) is 2. The van der Waals surface area contributed by atoms with E-state index in [1.165, 1.54) is 4.90 Å². The van der Waals surface area contributed by atoms with E-state index in [1.54, 1.807) is 24.3 Å². The summed E-state index contributed by atoms with van der Waals surface area (Å²) in [7, 11) is 1.87. The van der Waals surface area contributed by atoms with Crippen LogP contribution in [0.5, 0.6) is 0 Å². The van der Waals surface area contributed by atoms with Gasteiger partial charge < -0.3 is 10.6 Å². The van der Waals surface area contributed by atoms with E-state index < -0.39 is 0 Å². The van der Waals surface area contributed by atoms with E-state index in [-0.39, 0.29) is 24.3 Å². The highest BCUT2D eigenvalue weighted by Gasteiger charge is 2.28. The Morgan fingerprint density at radius 2 is 1.73 bits per heavy atom. The van der Waals surface area contributed by atoms with Gasteiger partial charge in [0.05, 0.1) is 6.54 Å². The smallest absolute Gasteiger partial charge is 0.251 e. The van der Waals surface area contributed by atoms with Crippen LogP contribution in [0.2, 0.25) is 0 Å². The summed E-state index contributed by atoms with van der Waals surface area (Å²) in [5, 5.41) is 5.86. The lowest BCUT2D eigenvalue weighted by atomic mass is 10.1. The Labute approximate surface area is 129 Å². The molecular formula is C16H21N3O3. The number of benzene rings is 1. The highest BCUT2D eigenvalue weighted by atomic mass is 16.2. The number of hydrogen-bond acceptors (Lipinski definition) is 4. The highest BCUT2D eigenvalue weighted by Crippen LogP contribution is 2.16. The molecule has 1 aliphatic heterocycles. The lowest BCUT2D eigenvalue weighted by molar-refractivity contribution is -0.139. The number of nitrogens with one attached hydrogen (secondary N) is 2. The summed E-state index contributed by atoms with van der Waals surface area (Å²) in [6, 6.07) is 6.99. The average molecular weight is 303 g/mol. The van der Waals surface area contributed by atoms with Crippen LogP contribution in [0.15, 0.2) is 24.3 Å². The van der Waals surface area contributed by atoms with Crippen LogP contribution in [-0.4, -0.2) is 42.8 Å². The van der Waals surface area contributed by atoms with Gasteiger partial charge in [0.1, 0.15) is 0 Å². The first-order valence-electron chi connectivity index (χ1n) is 7.46. The van der Waals surface area contributed by atoms with Crippen molar-refractivity contribution in [3.63, 3.8) is 0 Å². The van der Waals surface area contributed by atoms with Crippen LogP contribution in [0.3, 0.4) is 0 Å². The average Bonchev–Trinajstić information content (AvgIpc) is 2.84. The lowest BCUT2D eigenvalue weighted by Gasteiger charge is -2.14. The molecule has 0 unspecified atom stereocenters. The number of nitrogens with zero attached hydrogens (tertiary/aromatic N) is 1. The molecule has 1 aromatic carbocycles. The zero-order valence-corrected chi connectivity index (χ0v) is 12.7. The largest absolute Gasteiger partial charge is 0.352 e. The Kier molecular flexibility index (Phi) is 5.66. The maximum atomic E-state index is 11.9. The number of likely N-dealkylation sites (tertiary alicyclic amines) is 1. The molecule has 118 valence electrons. The molecule has 1 aliphatic rings. The van der Waals surface area contributed by atoms with Crippen molar-refractivity contribution in [3.8, 4) is 0 Å². The minimum atomic E-state index is -0.128. The van der Waals surface area contributed by atoms with Gasteiger partial charge in [-0.25, -0.2) is 0 Å². The van der Waals surface area contributed by atoms with E-state index in [4.69, 9.17) is 0 Å². The third-order valence-corrected chi connectivity index (χ3v) is 3.60. The molecular weight excluding hydrogens is 282 g/mol. The fourth-order valence-corrected chi connectivity index (χ4v) is 2.31. The number of amides is 3. The Balaban J connectivity index is 1.88. The van der Waals surface area contributed by atoms with E-state index in [1.807, 2.05) is 7.05 Å². The van der Waals surface area contributed by atoms with Gasteiger partial charge >= 0.3 is 0 Å². The minimum absolute atomic E-state index is 0.115. The van der Waals surface area contributed by atoms with E-state index >= 15 is 0 Å². The molecule has 0 atom stereocenters. The second-order valence-corrected chi connectivity index (χ2v) is 5.28. The lowest BCUT2D eigenvalue weighted by Crippen LogP contribution is -2.28. The molecule has 2 N–H and O–H groups in total. The normalized spacial score (nSPS) is 14.5. The van der Waals surface area contributed by atoms with Crippen molar-refractivity contribution >= 4 is 17.7 Å². The molecule has 0 bridgehead atoms. The Bertz CT molecular complexity index is 538. The summed E-state index contributed by atoms with van der Waals surface area (Å²) in [5.41, 5.74) is 1.42. The van der Waals surface area contributed by atoms with Crippen molar-refractivity contribution in [1.29, 1.82) is 0 Å². The molecule has 0 aliphatic carbocycles. The second kappa shape index (κ2) is 7.70. The monoisotopic (exact) mass is 303 g/mol. The van der Waals surface area contributed by atoms with Gasteiger partial charge in [-0.1, -0.05) is 12.1 Å². The van der Waals surface area contributed by atoms with Gasteiger partial charge in [-0.05, 0) is 37.7 Å². The minimum Gasteiger partial charge on any atom is -0.352 e. The van der Waals surface area contributed by atoms with Gasteiger partial charge in [0.15, 0.2) is 0 Å². The molecule has 1 saturated heterocycles. The van der Waals surface area contributed by atoms with Gasteiger partial charge in [-0.2, -0.15) is 0 Å². The second-order valence-electron chi connectivity index (χ2n) is 5.28. The molecule has 2 rings (SSSR count). The summed E-state index contributed by atoms with van der Waals surface area (Å²) < 4.78 is 0. The first-order chi connectivity index (χ1) is 10.6. The Morgan fingerprint density at radius 1 is 1.09 bits per heavy atom. The summed E-state index contributed by atoms with van der Waals surface area (Å²) in [6.45, 7) is 1.76. The molecule has 0 spiro atoms. The van der Waals surface area contributed by atoms with Crippen molar-refractivity contribution < 1.29 is 14.4 Å². The van der Waals surface area contributed by atoms with Crippen LogP contribution in [0.1, 0.15) is 35.2 Å². The van der Waals surface area contributed by atoms with Crippen LogP contribution in [0.25, 0.3) is 0 Å². The molecule has 6 nitrogen and oxygen atoms in total. The van der Waals surface area contributed by atoms with E-state index in [0.29, 0.717) is 24.9 Å². The fourth-order valence-electron chi connectivity index (χ4n) is 2.31. The molecule has 1 heterocycles. The van der Waals surface area contributed by atoms with Crippen LogP contribution >= 0.6 is 0 Å². The van der Waals surface area contributed by atoms with Gasteiger partial charge in [0.2, 0.25) is 11.8 Å². The third-order valence-electron chi connectivity index (χ3n) is 3.60. The first-order valence-corrected chi connectivity index (χ1v) is 7.46. The summed E-state index contributed by atoms with van der Waals surface area (Å²) in [6.07, 6.45) is 1.47. The van der Waals surface area contributed by atoms with E-state index in [0.717, 1.165) is 18.5 Å². The van der Waals surface area contributed by atoms with E-state index in [2.05, 4.69) is 10.6 Å². The van der Waals surface area contributed by atoms with Gasteiger partial charge in [-0.3, -0.25) is 19.3 Å². The molecule has 6 heteroatoms. The van der Waals surface area contributed by atoms with Crippen molar-refractivity contribution in [2.45, 2.75) is 25.8 Å². The summed E-state index contributed by atoms with van der Waals surface area (Å²) in [5.74, 6) is -0.372. The zero-order chi connectivity index (χ0) is 15.9. The van der Waals surface area contributed by atoms with Crippen LogP contribution in [-0.2, 0) is 16.1 Å². The summed E-state index contributed by atoms with van der Waals surface area (Å²) >= 11 is 0. The van der Waals surface area contributed by atoms with E-state index in [9.17, 15) is 14.4 Å². The maximum Gasteiger partial charge on any atom is 0.251 e. The molecule has 0 saturated carbocycles. The topological polar surface area (TPSA) is 78.5 Å². The number of imide groups is 1. The molecule has 1 aromatic rings. The molecule has 1 fully saturated rings. The number of carbonyl (C=O) groups is 3. The standard InChI is InChI=1S/C16H21N3O3/c1-17-9-2-10-18-16(22)13-5-3-12(4-6-13)11-19-14(20)7-8-15(19)21/h3-6,17H,2,7-11H2,1H3,(H,18,22). The Hall–Kier alpha value is -2.21. The first kappa shape index (κ1) is 16.2. The number of carbonyl (C=O) groups excluding carboxylic acids is 3. The highest BCUT2D eigenvalue weighted by molar-refractivity contribution is 6.01. The maximum absolute atomic E-state index is 11.9. The quantitative estimate of drug-likeness (QED) is 0.573.